The van der Waals surface area contributed by atoms with Crippen molar-refractivity contribution < 1.29 is 14.3 Å². The molecule has 4 heteroatoms. The standard InChI is InChI=1S/C10H10NO3/c1-13-10(12)8-6-14-9(11-8)7-4-2-3-5-7/h2-5,8H,6H2,1H3/q-1/t8-/m0/s1. The Morgan fingerprint density at radius 1 is 1.57 bits per heavy atom. The van der Waals surface area contributed by atoms with Crippen molar-refractivity contribution in [2.75, 3.05) is 13.7 Å². The summed E-state index contributed by atoms with van der Waals surface area (Å²) in [6.07, 6.45) is 7.57. The Kier molecular flexibility index (Phi) is 2.26. The summed E-state index contributed by atoms with van der Waals surface area (Å²) in [6.45, 7) is 0.271. The third-order valence-electron chi connectivity index (χ3n) is 2.03. The zero-order valence-corrected chi connectivity index (χ0v) is 7.77. The van der Waals surface area contributed by atoms with E-state index in [1.165, 1.54) is 7.11 Å². The van der Waals surface area contributed by atoms with E-state index in [0.29, 0.717) is 5.88 Å². The number of hydrogen-bond donors (Lipinski definition) is 0. The van der Waals surface area contributed by atoms with Gasteiger partial charge in [0.25, 0.3) is 5.97 Å². The lowest BCUT2D eigenvalue weighted by atomic mass is 10.3. The van der Waals surface area contributed by atoms with Crippen molar-refractivity contribution in [3.63, 3.8) is 0 Å². The normalized spacial score (nSPS) is 23.6. The maximum atomic E-state index is 11.1. The molecule has 2 aliphatic rings. The highest BCUT2D eigenvalue weighted by molar-refractivity contribution is 5.80. The molecule has 1 heterocycles. The lowest BCUT2D eigenvalue weighted by Crippen LogP contribution is -2.20. The summed E-state index contributed by atoms with van der Waals surface area (Å²) in [5.74, 6) is 0.164. The molecule has 0 radical (unpaired) electrons. The first-order chi connectivity index (χ1) is 6.81. The van der Waals surface area contributed by atoms with Crippen LogP contribution in [-0.4, -0.2) is 25.7 Å². The van der Waals surface area contributed by atoms with Crippen LogP contribution in [0.2, 0.25) is 0 Å². The molecular weight excluding hydrogens is 182 g/mol. The van der Waals surface area contributed by atoms with Crippen LogP contribution in [0, 0.1) is 0 Å². The number of carbonyl (C=O) groups excluding carboxylic acids is 1. The molecule has 2 rings (SSSR count). The molecular formula is C10H10NO3-. The van der Waals surface area contributed by atoms with Crippen LogP contribution in [-0.2, 0) is 14.3 Å². The number of ether oxygens (including phenoxy) is 2. The van der Waals surface area contributed by atoms with Crippen LogP contribution in [0.15, 0.2) is 35.8 Å². The summed E-state index contributed by atoms with van der Waals surface area (Å²) < 4.78 is 9.86. The van der Waals surface area contributed by atoms with Gasteiger partial charge in [0, 0.05) is 11.9 Å². The predicted octanol–water partition coefficient (Wildman–Crippen LogP) is 1.27. The van der Waals surface area contributed by atoms with Gasteiger partial charge in [0.05, 0.1) is 13.7 Å². The van der Waals surface area contributed by atoms with E-state index in [2.05, 4.69) is 10.1 Å². The largest absolute Gasteiger partial charge is 0.639 e. The van der Waals surface area contributed by atoms with Crippen LogP contribution in [0.3, 0.4) is 0 Å². The number of carbonyl (C=O) groups is 1. The van der Waals surface area contributed by atoms with Gasteiger partial charge >= 0.3 is 0 Å². The minimum atomic E-state index is -0.509. The van der Waals surface area contributed by atoms with Crippen molar-refractivity contribution in [3.05, 3.63) is 41.1 Å². The number of allylic oxidation sites excluding steroid dienone is 5. The Bertz CT molecular complexity index is 327. The van der Waals surface area contributed by atoms with Crippen molar-refractivity contribution in [1.82, 2.24) is 0 Å². The zero-order valence-electron chi connectivity index (χ0n) is 7.77. The van der Waals surface area contributed by atoms with Gasteiger partial charge in [0.1, 0.15) is 0 Å². The van der Waals surface area contributed by atoms with Gasteiger partial charge in [-0.05, 0) is 5.57 Å². The molecule has 0 amide bonds. The summed E-state index contributed by atoms with van der Waals surface area (Å²) in [7, 11) is 1.35. The molecule has 1 saturated heterocycles. The molecule has 1 atom stereocenters. The molecule has 4 nitrogen and oxygen atoms in total. The van der Waals surface area contributed by atoms with Crippen LogP contribution in [0.25, 0.3) is 5.32 Å². The molecule has 1 aliphatic carbocycles. The summed E-state index contributed by atoms with van der Waals surface area (Å²) in [5, 5.41) is 4.12. The second kappa shape index (κ2) is 3.57. The number of hydrogen-bond acceptors (Lipinski definition) is 3. The maximum absolute atomic E-state index is 11.1. The molecule has 14 heavy (non-hydrogen) atoms. The van der Waals surface area contributed by atoms with Gasteiger partial charge in [-0.1, -0.05) is 24.3 Å². The second-order valence-corrected chi connectivity index (χ2v) is 2.96. The van der Waals surface area contributed by atoms with Crippen LogP contribution >= 0.6 is 0 Å². The summed E-state index contributed by atoms with van der Waals surface area (Å²) in [5.41, 5.74) is 0.899. The summed E-state index contributed by atoms with van der Waals surface area (Å²) in [4.78, 5) is 11.1. The highest BCUT2D eigenvalue weighted by Crippen LogP contribution is 2.28. The van der Waals surface area contributed by atoms with Gasteiger partial charge in [-0.3, -0.25) is 4.79 Å². The second-order valence-electron chi connectivity index (χ2n) is 2.96. The van der Waals surface area contributed by atoms with E-state index >= 15 is 0 Å². The fourth-order valence-electron chi connectivity index (χ4n) is 1.31. The van der Waals surface area contributed by atoms with Crippen LogP contribution in [0.4, 0.5) is 0 Å². The molecule has 0 saturated carbocycles. The molecule has 1 fully saturated rings. The van der Waals surface area contributed by atoms with E-state index in [-0.39, 0.29) is 12.6 Å². The molecule has 0 aromatic carbocycles. The van der Waals surface area contributed by atoms with E-state index in [0.717, 1.165) is 5.57 Å². The van der Waals surface area contributed by atoms with Crippen LogP contribution < -0.4 is 0 Å². The number of nitrogens with zero attached hydrogens (tertiary/aromatic N) is 1. The number of methoxy groups -OCH3 is 1. The predicted molar refractivity (Wildman–Crippen MR) is 50.4 cm³/mol. The molecule has 0 unspecified atom stereocenters. The van der Waals surface area contributed by atoms with Gasteiger partial charge in [-0.2, -0.15) is 0 Å². The monoisotopic (exact) mass is 192 g/mol. The Morgan fingerprint density at radius 3 is 2.93 bits per heavy atom. The third kappa shape index (κ3) is 1.51. The fourth-order valence-corrected chi connectivity index (χ4v) is 1.31. The van der Waals surface area contributed by atoms with E-state index in [1.807, 2.05) is 24.3 Å². The molecule has 0 spiro atoms. The number of esters is 1. The average Bonchev–Trinajstić information content (AvgIpc) is 2.86. The van der Waals surface area contributed by atoms with Crippen LogP contribution in [0.5, 0.6) is 0 Å². The first-order valence-electron chi connectivity index (χ1n) is 4.32. The van der Waals surface area contributed by atoms with Crippen molar-refractivity contribution in [2.24, 2.45) is 0 Å². The molecule has 0 aromatic rings. The minimum absolute atomic E-state index is 0.271. The zero-order chi connectivity index (χ0) is 9.97. The molecule has 0 bridgehead atoms. The van der Waals surface area contributed by atoms with Gasteiger partial charge in [-0.15, -0.1) is 0 Å². The van der Waals surface area contributed by atoms with Gasteiger partial charge < -0.3 is 14.8 Å². The van der Waals surface area contributed by atoms with Gasteiger partial charge in [0.15, 0.2) is 0 Å². The van der Waals surface area contributed by atoms with Gasteiger partial charge in [-0.25, -0.2) is 0 Å². The van der Waals surface area contributed by atoms with Gasteiger partial charge in [0.2, 0.25) is 0 Å². The van der Waals surface area contributed by atoms with E-state index in [4.69, 9.17) is 4.74 Å². The van der Waals surface area contributed by atoms with E-state index in [9.17, 15) is 4.79 Å². The SMILES string of the molecule is COC(=O)[C@@H]1COC(=C2C=CC=C2)[N-]1. The third-order valence-corrected chi connectivity index (χ3v) is 2.03. The molecule has 0 aromatic heterocycles. The summed E-state index contributed by atoms with van der Waals surface area (Å²) >= 11 is 0. The van der Waals surface area contributed by atoms with Crippen molar-refractivity contribution in [1.29, 1.82) is 0 Å². The minimum Gasteiger partial charge on any atom is -0.639 e. The Balaban J connectivity index is 2.08. The van der Waals surface area contributed by atoms with Crippen molar-refractivity contribution in [3.8, 4) is 0 Å². The maximum Gasteiger partial charge on any atom is 0.294 e. The molecule has 74 valence electrons. The Hall–Kier alpha value is -1.71. The Morgan fingerprint density at radius 2 is 2.29 bits per heavy atom. The first-order valence-corrected chi connectivity index (χ1v) is 4.32. The number of rotatable bonds is 1. The smallest absolute Gasteiger partial charge is 0.294 e. The van der Waals surface area contributed by atoms with E-state index in [1.54, 1.807) is 0 Å². The lowest BCUT2D eigenvalue weighted by Gasteiger charge is -2.18. The summed E-state index contributed by atoms with van der Waals surface area (Å²) in [6, 6.07) is -0.509. The van der Waals surface area contributed by atoms with Crippen molar-refractivity contribution >= 4 is 5.97 Å². The Labute approximate surface area is 81.9 Å². The average molecular weight is 192 g/mol. The topological polar surface area (TPSA) is 49.6 Å². The fraction of sp³-hybridized carbons (Fsp3) is 0.300. The highest BCUT2D eigenvalue weighted by atomic mass is 16.5. The first kappa shape index (κ1) is 8.87. The molecule has 0 N–H and O–H groups in total. The lowest BCUT2D eigenvalue weighted by molar-refractivity contribution is -0.141. The van der Waals surface area contributed by atoms with Crippen LogP contribution in [0.1, 0.15) is 0 Å². The molecule has 1 aliphatic heterocycles. The van der Waals surface area contributed by atoms with E-state index < -0.39 is 6.04 Å². The van der Waals surface area contributed by atoms with Crippen molar-refractivity contribution in [2.45, 2.75) is 6.04 Å². The quantitative estimate of drug-likeness (QED) is 0.588. The highest BCUT2D eigenvalue weighted by Gasteiger charge is 2.18.